The van der Waals surface area contributed by atoms with E-state index in [2.05, 4.69) is 185 Å². The minimum atomic E-state index is -4.79. The number of carbonyl (C=O) groups excluding carboxylic acids is 3. The zero-order valence-electron chi connectivity index (χ0n) is 49.5. The van der Waals surface area contributed by atoms with Gasteiger partial charge in [-0.15, -0.1) is 0 Å². The van der Waals surface area contributed by atoms with Gasteiger partial charge in [-0.3, -0.25) is 23.4 Å². The Morgan fingerprint density at radius 3 is 0.975 bits per heavy atom. The summed E-state index contributed by atoms with van der Waals surface area (Å²) in [6, 6.07) is 0. The van der Waals surface area contributed by atoms with Crippen molar-refractivity contribution in [1.29, 1.82) is 0 Å². The van der Waals surface area contributed by atoms with Gasteiger partial charge in [-0.25, -0.2) is 4.57 Å². The van der Waals surface area contributed by atoms with E-state index in [4.69, 9.17) is 23.3 Å². The van der Waals surface area contributed by atoms with Crippen LogP contribution in [0.4, 0.5) is 0 Å². The third kappa shape index (κ3) is 57.5. The largest absolute Gasteiger partial charge is 0.472 e. The molecule has 2 N–H and O–H groups in total. The van der Waals surface area contributed by atoms with Gasteiger partial charge in [0.05, 0.1) is 19.8 Å². The number of hydrogen-bond acceptors (Lipinski definition) is 10. The highest BCUT2D eigenvalue weighted by Crippen LogP contribution is 2.43. The first-order valence-electron chi connectivity index (χ1n) is 30.0. The molecule has 0 spiro atoms. The fourth-order valence-corrected chi connectivity index (χ4v) is 7.96. The number of phosphoric acid groups is 1. The molecular weight excluding hydrogens is 1020 g/mol. The lowest BCUT2D eigenvalue weighted by molar-refractivity contribution is -0.161. The predicted molar refractivity (Wildman–Crippen MR) is 334 cm³/mol. The van der Waals surface area contributed by atoms with E-state index in [0.29, 0.717) is 25.7 Å². The van der Waals surface area contributed by atoms with Crippen molar-refractivity contribution in [2.24, 2.45) is 0 Å². The Balaban J connectivity index is 4.91. The van der Waals surface area contributed by atoms with Crippen molar-refractivity contribution in [3.8, 4) is 0 Å². The molecule has 448 valence electrons. The second kappa shape index (κ2) is 59.9. The standard InChI is InChI=1S/C68H105O11P/c1-4-7-10-13-16-19-22-25-28-31-32-35-38-41-44-47-50-53-56-59-68(72)79-65(61-75-66(70)57-54-51-48-45-42-39-36-33-29-26-23-20-17-14-11-8-5-2)63-77-80(73,74)76-62-64(60-69)78-67(71)58-55-52-49-46-43-40-37-34-30-27-24-21-18-15-12-9-6-3/h7-12,16-21,25-30,32,35-37,39-41,44-45,48,64-65,69H,4-6,13-15,22-24,31,33-34,38,42-43,46-47,49-63H2,1-3H3,(H,73,74)/b10-7-,11-8-,12-9-,19-16-,20-17-,21-18-,28-25-,29-26-,30-27-,35-32-,39-36-,40-37-,44-41-,48-45-. The van der Waals surface area contributed by atoms with Gasteiger partial charge in [0.25, 0.3) is 0 Å². The molecule has 0 aromatic rings. The van der Waals surface area contributed by atoms with Crippen LogP contribution in [0.2, 0.25) is 0 Å². The van der Waals surface area contributed by atoms with Gasteiger partial charge >= 0.3 is 25.7 Å². The minimum Gasteiger partial charge on any atom is -0.462 e. The molecule has 0 aromatic heterocycles. The van der Waals surface area contributed by atoms with Gasteiger partial charge in [0.15, 0.2) is 6.10 Å². The number of unbranched alkanes of at least 4 members (excludes halogenated alkanes) is 8. The average molecular weight is 1130 g/mol. The summed E-state index contributed by atoms with van der Waals surface area (Å²) < 4.78 is 39.5. The lowest BCUT2D eigenvalue weighted by Crippen LogP contribution is -2.30. The Bertz CT molecular complexity index is 1990. The Kier molecular flexibility index (Phi) is 56.1. The highest BCUT2D eigenvalue weighted by atomic mass is 31.2. The Labute approximate surface area is 485 Å². The van der Waals surface area contributed by atoms with Crippen LogP contribution < -0.4 is 0 Å². The number of rotatable bonds is 53. The molecule has 3 atom stereocenters. The highest BCUT2D eigenvalue weighted by Gasteiger charge is 2.28. The third-order valence-corrected chi connectivity index (χ3v) is 12.6. The second-order valence-electron chi connectivity index (χ2n) is 19.0. The van der Waals surface area contributed by atoms with Crippen molar-refractivity contribution in [3.05, 3.63) is 170 Å². The van der Waals surface area contributed by atoms with Crippen LogP contribution in [0.1, 0.15) is 201 Å². The predicted octanol–water partition coefficient (Wildman–Crippen LogP) is 18.2. The molecule has 0 saturated carbocycles. The van der Waals surface area contributed by atoms with Crippen molar-refractivity contribution in [2.75, 3.05) is 26.4 Å². The van der Waals surface area contributed by atoms with Crippen LogP contribution in [-0.2, 0) is 42.2 Å². The van der Waals surface area contributed by atoms with E-state index < -0.39 is 64.4 Å². The fourth-order valence-electron chi connectivity index (χ4n) is 7.17. The number of aliphatic hydroxyl groups is 1. The van der Waals surface area contributed by atoms with E-state index in [-0.39, 0.29) is 19.3 Å². The van der Waals surface area contributed by atoms with Gasteiger partial charge in [-0.05, 0) is 141 Å². The first-order valence-corrected chi connectivity index (χ1v) is 31.5. The van der Waals surface area contributed by atoms with Crippen molar-refractivity contribution in [1.82, 2.24) is 0 Å². The molecule has 0 aliphatic heterocycles. The zero-order chi connectivity index (χ0) is 58.3. The summed E-state index contributed by atoms with van der Waals surface area (Å²) in [6.07, 6.45) is 80.3. The number of aliphatic hydroxyl groups excluding tert-OH is 1. The fraction of sp³-hybridized carbons (Fsp3) is 0.544. The molecule has 0 radical (unpaired) electrons. The maximum Gasteiger partial charge on any atom is 0.472 e. The maximum absolute atomic E-state index is 12.9. The summed E-state index contributed by atoms with van der Waals surface area (Å²) in [5.74, 6) is -1.62. The van der Waals surface area contributed by atoms with E-state index in [9.17, 15) is 28.9 Å². The Hall–Kier alpha value is -5.16. The molecule has 0 fully saturated rings. The van der Waals surface area contributed by atoms with Crippen molar-refractivity contribution >= 4 is 25.7 Å². The third-order valence-electron chi connectivity index (χ3n) is 11.6. The first kappa shape index (κ1) is 74.8. The van der Waals surface area contributed by atoms with Crippen molar-refractivity contribution in [2.45, 2.75) is 213 Å². The number of esters is 3. The lowest BCUT2D eigenvalue weighted by atomic mass is 10.1. The monoisotopic (exact) mass is 1130 g/mol. The molecule has 0 amide bonds. The van der Waals surface area contributed by atoms with E-state index in [0.717, 1.165) is 135 Å². The van der Waals surface area contributed by atoms with Gasteiger partial charge in [-0.1, -0.05) is 210 Å². The molecule has 0 aliphatic rings. The number of allylic oxidation sites excluding steroid dienone is 28. The van der Waals surface area contributed by atoms with Crippen LogP contribution in [0.5, 0.6) is 0 Å². The van der Waals surface area contributed by atoms with Gasteiger partial charge in [-0.2, -0.15) is 0 Å². The lowest BCUT2D eigenvalue weighted by Gasteiger charge is -2.21. The maximum atomic E-state index is 12.9. The van der Waals surface area contributed by atoms with Gasteiger partial charge in [0, 0.05) is 19.3 Å². The number of ether oxygens (including phenoxy) is 3. The second-order valence-corrected chi connectivity index (χ2v) is 20.5. The zero-order valence-corrected chi connectivity index (χ0v) is 50.4. The van der Waals surface area contributed by atoms with E-state index in [1.165, 1.54) is 0 Å². The molecule has 0 aromatic carbocycles. The van der Waals surface area contributed by atoms with Gasteiger partial charge in [0.2, 0.25) is 0 Å². The topological polar surface area (TPSA) is 155 Å². The van der Waals surface area contributed by atoms with E-state index >= 15 is 0 Å². The quantitative estimate of drug-likeness (QED) is 0.0197. The normalized spacial score (nSPS) is 14.5. The molecule has 11 nitrogen and oxygen atoms in total. The van der Waals surface area contributed by atoms with Crippen LogP contribution in [-0.4, -0.2) is 66.5 Å². The highest BCUT2D eigenvalue weighted by molar-refractivity contribution is 7.47. The van der Waals surface area contributed by atoms with Crippen LogP contribution in [0.15, 0.2) is 170 Å². The van der Waals surface area contributed by atoms with Gasteiger partial charge in [0.1, 0.15) is 12.7 Å². The summed E-state index contributed by atoms with van der Waals surface area (Å²) in [5.41, 5.74) is 0. The smallest absolute Gasteiger partial charge is 0.462 e. The van der Waals surface area contributed by atoms with Crippen LogP contribution in [0.25, 0.3) is 0 Å². The van der Waals surface area contributed by atoms with Crippen LogP contribution in [0, 0.1) is 0 Å². The first-order chi connectivity index (χ1) is 39.2. The van der Waals surface area contributed by atoms with Crippen molar-refractivity contribution < 1.29 is 52.2 Å². The van der Waals surface area contributed by atoms with Crippen LogP contribution in [0.3, 0.4) is 0 Å². The molecule has 3 unspecified atom stereocenters. The molecule has 80 heavy (non-hydrogen) atoms. The number of hydrogen-bond donors (Lipinski definition) is 2. The van der Waals surface area contributed by atoms with E-state index in [1.807, 2.05) is 6.08 Å². The molecule has 0 aliphatic carbocycles. The molecule has 12 heteroatoms. The molecule has 0 saturated heterocycles. The summed E-state index contributed by atoms with van der Waals surface area (Å²) >= 11 is 0. The summed E-state index contributed by atoms with van der Waals surface area (Å²) in [5, 5.41) is 9.84. The SMILES string of the molecule is CC/C=C\C/C=C\C/C=C\C/C=C\C/C=C\CCCCCC(=O)OC(COC(=O)CCC/C=C\C/C=C\C/C=C\C/C=C\C/C=C\CC)COP(=O)(O)OCC(CO)OC(=O)CCCCCC/C=C\C/C=C\C/C=C\C/C=C\CC. The summed E-state index contributed by atoms with van der Waals surface area (Å²) in [7, 11) is -4.79. The molecule has 0 rings (SSSR count). The van der Waals surface area contributed by atoms with Gasteiger partial charge < -0.3 is 24.2 Å². The minimum absolute atomic E-state index is 0.103. The van der Waals surface area contributed by atoms with Crippen molar-refractivity contribution in [3.63, 3.8) is 0 Å². The molecular formula is C68H105O11P. The molecule has 0 heterocycles. The molecule has 0 bridgehead atoms. The van der Waals surface area contributed by atoms with E-state index in [1.54, 1.807) is 0 Å². The Morgan fingerprint density at radius 1 is 0.350 bits per heavy atom. The Morgan fingerprint density at radius 2 is 0.625 bits per heavy atom. The average Bonchev–Trinajstić information content (AvgIpc) is 3.45. The summed E-state index contributed by atoms with van der Waals surface area (Å²) in [4.78, 5) is 48.6. The van der Waals surface area contributed by atoms with Crippen LogP contribution >= 0.6 is 7.82 Å². The number of carbonyl (C=O) groups is 3. The summed E-state index contributed by atoms with van der Waals surface area (Å²) in [6.45, 7) is 4.15. The number of phosphoric ester groups is 1.